The fraction of sp³-hybridized carbons (Fsp3) is 0.636. The van der Waals surface area contributed by atoms with Crippen molar-refractivity contribution in [2.75, 3.05) is 0 Å². The Labute approximate surface area is 164 Å². The lowest BCUT2D eigenvalue weighted by Gasteiger charge is -2.40. The van der Waals surface area contributed by atoms with Gasteiger partial charge in [0.2, 0.25) is 0 Å². The van der Waals surface area contributed by atoms with Crippen LogP contribution in [0.15, 0.2) is 18.2 Å². The van der Waals surface area contributed by atoms with E-state index >= 15 is 0 Å². The smallest absolute Gasteiger partial charge is 0.426 e. The van der Waals surface area contributed by atoms with Gasteiger partial charge in [-0.1, -0.05) is 51.3 Å². The van der Waals surface area contributed by atoms with Gasteiger partial charge in [0.25, 0.3) is 5.91 Å². The molecule has 0 saturated carbocycles. The molecule has 0 aliphatic carbocycles. The maximum Gasteiger partial charge on any atom is 0.426 e. The number of carbonyl (C=O) groups is 2. The monoisotopic (exact) mass is 376 g/mol. The number of hydrogen-bond acceptors (Lipinski definition) is 3. The predicted molar refractivity (Wildman–Crippen MR) is 110 cm³/mol. The quantitative estimate of drug-likeness (QED) is 0.716. The molecule has 0 saturated heterocycles. The molecule has 0 bridgehead atoms. The van der Waals surface area contributed by atoms with Gasteiger partial charge in [-0.05, 0) is 58.6 Å². The molecule has 1 N–H and O–H groups in total. The average Bonchev–Trinajstić information content (AvgIpc) is 2.46. The molecule has 0 aliphatic heterocycles. The molecule has 1 unspecified atom stereocenters. The largest absolute Gasteiger partial charge is 0.443 e. The third kappa shape index (κ3) is 7.24. The first kappa shape index (κ1) is 23.0. The molecule has 1 rings (SSSR count). The van der Waals surface area contributed by atoms with E-state index < -0.39 is 11.7 Å². The molecular weight excluding hydrogens is 340 g/mol. The molecule has 2 amide bonds. The fourth-order valence-electron chi connectivity index (χ4n) is 3.13. The Morgan fingerprint density at radius 1 is 1.04 bits per heavy atom. The molecule has 1 aromatic carbocycles. The van der Waals surface area contributed by atoms with E-state index in [1.54, 1.807) is 20.8 Å². The number of nitrogens with zero attached hydrogens (tertiary/aromatic N) is 1. The van der Waals surface area contributed by atoms with Gasteiger partial charge in [-0.2, -0.15) is 0 Å². The summed E-state index contributed by atoms with van der Waals surface area (Å²) in [5, 5.41) is 1.46. The number of carbonyl (C=O) groups excluding carboxylic acids is 2. The molecule has 0 aromatic heterocycles. The second-order valence-corrected chi connectivity index (χ2v) is 9.34. The SMILES string of the molecule is CCCC(N(NC(=O)OC(C)(C)C)C(=O)c1cc(C)cc(C)c1)C(C)(C)C. The first-order chi connectivity index (χ1) is 12.2. The minimum Gasteiger partial charge on any atom is -0.443 e. The van der Waals surface area contributed by atoms with E-state index in [1.165, 1.54) is 5.01 Å². The maximum absolute atomic E-state index is 13.4. The average molecular weight is 377 g/mol. The number of ether oxygens (including phenoxy) is 1. The summed E-state index contributed by atoms with van der Waals surface area (Å²) in [4.78, 5) is 25.8. The van der Waals surface area contributed by atoms with Crippen molar-refractivity contribution in [1.29, 1.82) is 0 Å². The minimum atomic E-state index is -0.638. The number of benzene rings is 1. The number of nitrogens with one attached hydrogen (secondary N) is 1. The number of aryl methyl sites for hydroxylation is 2. The summed E-state index contributed by atoms with van der Waals surface area (Å²) in [6.07, 6.45) is 1.05. The molecule has 5 nitrogen and oxygen atoms in total. The van der Waals surface area contributed by atoms with Gasteiger partial charge in [0.05, 0.1) is 6.04 Å². The van der Waals surface area contributed by atoms with Crippen molar-refractivity contribution >= 4 is 12.0 Å². The van der Waals surface area contributed by atoms with Crippen LogP contribution in [0.2, 0.25) is 0 Å². The lowest BCUT2D eigenvalue weighted by atomic mass is 9.83. The highest BCUT2D eigenvalue weighted by Gasteiger charge is 2.35. The van der Waals surface area contributed by atoms with Gasteiger partial charge in [0.15, 0.2) is 0 Å². The van der Waals surface area contributed by atoms with Crippen LogP contribution < -0.4 is 5.43 Å². The Bertz CT molecular complexity index is 649. The fourth-order valence-corrected chi connectivity index (χ4v) is 3.13. The summed E-state index contributed by atoms with van der Waals surface area (Å²) in [7, 11) is 0. The molecular formula is C22H36N2O3. The molecule has 5 heteroatoms. The van der Waals surface area contributed by atoms with Crippen LogP contribution >= 0.6 is 0 Å². The van der Waals surface area contributed by atoms with Crippen LogP contribution in [0.25, 0.3) is 0 Å². The van der Waals surface area contributed by atoms with Crippen molar-refractivity contribution in [2.45, 2.75) is 86.8 Å². The summed E-state index contributed by atoms with van der Waals surface area (Å²) in [6, 6.07) is 5.56. The highest BCUT2D eigenvalue weighted by molar-refractivity contribution is 5.95. The van der Waals surface area contributed by atoms with Crippen LogP contribution in [0.3, 0.4) is 0 Å². The molecule has 0 aliphatic rings. The first-order valence-corrected chi connectivity index (χ1v) is 9.66. The molecule has 1 aromatic rings. The summed E-state index contributed by atoms with van der Waals surface area (Å²) in [5.74, 6) is -0.221. The summed E-state index contributed by atoms with van der Waals surface area (Å²) >= 11 is 0. The third-order valence-electron chi connectivity index (χ3n) is 4.17. The Kier molecular flexibility index (Phi) is 7.47. The van der Waals surface area contributed by atoms with E-state index in [-0.39, 0.29) is 17.4 Å². The van der Waals surface area contributed by atoms with Crippen molar-refractivity contribution in [3.05, 3.63) is 34.9 Å². The summed E-state index contributed by atoms with van der Waals surface area (Å²) in [6.45, 7) is 17.6. The van der Waals surface area contributed by atoms with Crippen LogP contribution in [0.5, 0.6) is 0 Å². The molecule has 1 atom stereocenters. The van der Waals surface area contributed by atoms with Crippen molar-refractivity contribution < 1.29 is 14.3 Å². The van der Waals surface area contributed by atoms with Crippen molar-refractivity contribution in [3.63, 3.8) is 0 Å². The number of amides is 2. The van der Waals surface area contributed by atoms with E-state index in [0.29, 0.717) is 5.56 Å². The van der Waals surface area contributed by atoms with E-state index in [9.17, 15) is 9.59 Å². The number of hydrogen-bond donors (Lipinski definition) is 1. The number of hydrazine groups is 1. The molecule has 27 heavy (non-hydrogen) atoms. The van der Waals surface area contributed by atoms with Crippen LogP contribution in [-0.2, 0) is 4.74 Å². The zero-order valence-corrected chi connectivity index (χ0v) is 18.4. The zero-order chi connectivity index (χ0) is 21.0. The highest BCUT2D eigenvalue weighted by atomic mass is 16.6. The van der Waals surface area contributed by atoms with Crippen LogP contribution in [-0.4, -0.2) is 28.7 Å². The van der Waals surface area contributed by atoms with Crippen LogP contribution in [0, 0.1) is 19.3 Å². The van der Waals surface area contributed by atoms with Gasteiger partial charge in [-0.25, -0.2) is 15.2 Å². The molecule has 0 heterocycles. The topological polar surface area (TPSA) is 58.6 Å². The predicted octanol–water partition coefficient (Wildman–Crippen LogP) is 5.40. The minimum absolute atomic E-state index is 0.164. The Morgan fingerprint density at radius 3 is 1.96 bits per heavy atom. The van der Waals surface area contributed by atoms with Crippen molar-refractivity contribution in [1.82, 2.24) is 10.4 Å². The van der Waals surface area contributed by atoms with Gasteiger partial charge in [-0.3, -0.25) is 4.79 Å². The molecule has 0 radical (unpaired) electrons. The van der Waals surface area contributed by atoms with E-state index in [4.69, 9.17) is 4.74 Å². The maximum atomic E-state index is 13.4. The Hall–Kier alpha value is -2.04. The van der Waals surface area contributed by atoms with Crippen molar-refractivity contribution in [2.24, 2.45) is 5.41 Å². The third-order valence-corrected chi connectivity index (χ3v) is 4.17. The van der Waals surface area contributed by atoms with E-state index in [2.05, 4.69) is 33.1 Å². The van der Waals surface area contributed by atoms with E-state index in [0.717, 1.165) is 24.0 Å². The Balaban J connectivity index is 3.30. The second-order valence-electron chi connectivity index (χ2n) is 9.34. The van der Waals surface area contributed by atoms with E-state index in [1.807, 2.05) is 32.0 Å². The van der Waals surface area contributed by atoms with Gasteiger partial charge < -0.3 is 4.74 Å². The second kappa shape index (κ2) is 8.77. The summed E-state index contributed by atoms with van der Waals surface area (Å²) < 4.78 is 5.40. The first-order valence-electron chi connectivity index (χ1n) is 9.66. The lowest BCUT2D eigenvalue weighted by molar-refractivity contribution is 0.00611. The van der Waals surface area contributed by atoms with Gasteiger partial charge in [0.1, 0.15) is 5.60 Å². The molecule has 0 spiro atoms. The Morgan fingerprint density at radius 2 is 1.56 bits per heavy atom. The van der Waals surface area contributed by atoms with Gasteiger partial charge in [-0.15, -0.1) is 0 Å². The summed E-state index contributed by atoms with van der Waals surface area (Å²) in [5.41, 5.74) is 4.47. The van der Waals surface area contributed by atoms with Gasteiger partial charge in [0, 0.05) is 5.56 Å². The van der Waals surface area contributed by atoms with Crippen LogP contribution in [0.4, 0.5) is 4.79 Å². The van der Waals surface area contributed by atoms with Gasteiger partial charge >= 0.3 is 6.09 Å². The standard InChI is InChI=1S/C22H36N2O3/c1-10-11-18(21(4,5)6)24(23-20(26)27-22(7,8)9)19(25)17-13-15(2)12-16(3)14-17/h12-14,18H,10-11H2,1-9H3,(H,23,26). The van der Waals surface area contributed by atoms with Crippen molar-refractivity contribution in [3.8, 4) is 0 Å². The number of rotatable bonds is 4. The normalized spacial score (nSPS) is 13.1. The highest BCUT2D eigenvalue weighted by Crippen LogP contribution is 2.29. The van der Waals surface area contributed by atoms with Crippen LogP contribution in [0.1, 0.15) is 82.8 Å². The zero-order valence-electron chi connectivity index (χ0n) is 18.4. The molecule has 152 valence electrons. The molecule has 0 fully saturated rings. The lowest BCUT2D eigenvalue weighted by Crippen LogP contribution is -2.57.